The number of carbonyl (C=O) groups is 2. The predicted molar refractivity (Wildman–Crippen MR) is 83.8 cm³/mol. The molecule has 0 bridgehead atoms. The summed E-state index contributed by atoms with van der Waals surface area (Å²) in [5.74, 6) is -0.553. The van der Waals surface area contributed by atoms with Gasteiger partial charge in [0.1, 0.15) is 5.75 Å². The summed E-state index contributed by atoms with van der Waals surface area (Å²) >= 11 is 0. The van der Waals surface area contributed by atoms with Crippen LogP contribution >= 0.6 is 0 Å². The number of carbonyl (C=O) groups excluding carboxylic acids is 1. The first-order valence-corrected chi connectivity index (χ1v) is 7.31. The fourth-order valence-corrected chi connectivity index (χ4v) is 2.79. The molecule has 120 valence electrons. The van der Waals surface area contributed by atoms with Crippen LogP contribution in [0, 0.1) is 0 Å². The average Bonchev–Trinajstić information content (AvgIpc) is 2.60. The Labute approximate surface area is 133 Å². The number of carboxylic acid groups (broad SMARTS) is 1. The molecule has 6 nitrogen and oxygen atoms in total. The molecule has 0 aromatic heterocycles. The molecule has 0 radical (unpaired) electrons. The summed E-state index contributed by atoms with van der Waals surface area (Å²) in [4.78, 5) is 25.4. The first-order valence-electron chi connectivity index (χ1n) is 7.31. The summed E-state index contributed by atoms with van der Waals surface area (Å²) in [6.07, 6.45) is -0.975. The van der Waals surface area contributed by atoms with Crippen LogP contribution in [0.4, 0.5) is 0 Å². The normalized spacial score (nSPS) is 18.0. The van der Waals surface area contributed by atoms with Crippen molar-refractivity contribution in [1.29, 1.82) is 0 Å². The Kier molecular flexibility index (Phi) is 4.16. The van der Waals surface area contributed by atoms with Gasteiger partial charge in [-0.05, 0) is 17.5 Å². The lowest BCUT2D eigenvalue weighted by atomic mass is 10.0. The molecular weight excluding hydrogens is 298 g/mol. The third kappa shape index (κ3) is 2.85. The average molecular weight is 315 g/mol. The summed E-state index contributed by atoms with van der Waals surface area (Å²) in [5, 5.41) is 10.7. The van der Waals surface area contributed by atoms with Gasteiger partial charge < -0.3 is 19.5 Å². The van der Waals surface area contributed by atoms with Gasteiger partial charge in [0.25, 0.3) is 5.91 Å². The number of carboxylic acids is 1. The van der Waals surface area contributed by atoms with Crippen LogP contribution in [0.1, 0.15) is 10.4 Å². The number of methoxy groups -OCH3 is 1. The lowest BCUT2D eigenvalue weighted by Crippen LogP contribution is -2.48. The van der Waals surface area contributed by atoms with Crippen LogP contribution in [-0.2, 0) is 9.53 Å². The molecule has 1 N–H and O–H groups in total. The van der Waals surface area contributed by atoms with E-state index in [4.69, 9.17) is 14.6 Å². The molecule has 0 saturated carbocycles. The Balaban J connectivity index is 1.97. The van der Waals surface area contributed by atoms with Gasteiger partial charge in [-0.15, -0.1) is 0 Å². The topological polar surface area (TPSA) is 76.1 Å². The minimum Gasteiger partial charge on any atom is -0.496 e. The molecule has 1 fully saturated rings. The number of amides is 1. The number of ether oxygens (including phenoxy) is 2. The fraction of sp³-hybridized carbons (Fsp3) is 0.294. The zero-order valence-corrected chi connectivity index (χ0v) is 12.7. The summed E-state index contributed by atoms with van der Waals surface area (Å²) < 4.78 is 10.5. The van der Waals surface area contributed by atoms with Gasteiger partial charge >= 0.3 is 5.97 Å². The highest BCUT2D eigenvalue weighted by Gasteiger charge is 2.30. The predicted octanol–water partition coefficient (Wildman–Crippen LogP) is 1.77. The molecule has 1 amide bonds. The molecule has 3 rings (SSSR count). The maximum Gasteiger partial charge on any atom is 0.334 e. The molecule has 0 spiro atoms. The van der Waals surface area contributed by atoms with Crippen molar-refractivity contribution in [1.82, 2.24) is 4.90 Å². The summed E-state index contributed by atoms with van der Waals surface area (Å²) in [5.41, 5.74) is 0.535. The van der Waals surface area contributed by atoms with Crippen LogP contribution in [0.15, 0.2) is 36.4 Å². The number of benzene rings is 2. The van der Waals surface area contributed by atoms with E-state index >= 15 is 0 Å². The largest absolute Gasteiger partial charge is 0.496 e. The van der Waals surface area contributed by atoms with Gasteiger partial charge in [0, 0.05) is 17.5 Å². The molecular formula is C17H17NO5. The number of fused-ring (bicyclic) bond motifs is 1. The molecule has 6 heteroatoms. The lowest BCUT2D eigenvalue weighted by molar-refractivity contribution is -0.154. The van der Waals surface area contributed by atoms with Crippen molar-refractivity contribution in [3.05, 3.63) is 42.0 Å². The van der Waals surface area contributed by atoms with Crippen LogP contribution in [-0.4, -0.2) is 54.8 Å². The highest BCUT2D eigenvalue weighted by atomic mass is 16.5. The van der Waals surface area contributed by atoms with E-state index in [9.17, 15) is 9.59 Å². The second-order valence-electron chi connectivity index (χ2n) is 5.31. The van der Waals surface area contributed by atoms with Crippen molar-refractivity contribution in [2.24, 2.45) is 0 Å². The molecule has 23 heavy (non-hydrogen) atoms. The zero-order chi connectivity index (χ0) is 16.4. The van der Waals surface area contributed by atoms with E-state index in [0.29, 0.717) is 17.9 Å². The molecule has 0 aliphatic carbocycles. The number of hydrogen-bond donors (Lipinski definition) is 1. The van der Waals surface area contributed by atoms with Gasteiger partial charge in [-0.3, -0.25) is 4.79 Å². The summed E-state index contributed by atoms with van der Waals surface area (Å²) in [6, 6.07) is 11.0. The molecule has 1 atom stereocenters. The smallest absolute Gasteiger partial charge is 0.334 e. The van der Waals surface area contributed by atoms with Crippen LogP contribution < -0.4 is 4.74 Å². The number of nitrogens with zero attached hydrogens (tertiary/aromatic N) is 1. The van der Waals surface area contributed by atoms with Gasteiger partial charge in [0.2, 0.25) is 0 Å². The first kappa shape index (κ1) is 15.3. The minimum atomic E-state index is -1.05. The molecule has 1 aliphatic rings. The molecule has 1 unspecified atom stereocenters. The lowest BCUT2D eigenvalue weighted by Gasteiger charge is -2.31. The maximum atomic E-state index is 12.8. The van der Waals surface area contributed by atoms with Crippen molar-refractivity contribution in [2.75, 3.05) is 26.8 Å². The van der Waals surface area contributed by atoms with E-state index in [1.807, 2.05) is 24.3 Å². The Bertz CT molecular complexity index is 758. The van der Waals surface area contributed by atoms with E-state index in [1.165, 1.54) is 4.90 Å². The summed E-state index contributed by atoms with van der Waals surface area (Å²) in [7, 11) is 1.59. The van der Waals surface area contributed by atoms with E-state index in [0.717, 1.165) is 10.8 Å². The molecule has 1 aliphatic heterocycles. The summed E-state index contributed by atoms with van der Waals surface area (Å²) in [6.45, 7) is 0.647. The van der Waals surface area contributed by atoms with Crippen LogP contribution in [0.3, 0.4) is 0 Å². The van der Waals surface area contributed by atoms with Gasteiger partial charge in [-0.1, -0.05) is 24.3 Å². The number of hydrogen-bond acceptors (Lipinski definition) is 4. The second-order valence-corrected chi connectivity index (χ2v) is 5.31. The van der Waals surface area contributed by atoms with E-state index in [-0.39, 0.29) is 19.1 Å². The van der Waals surface area contributed by atoms with E-state index < -0.39 is 12.1 Å². The monoisotopic (exact) mass is 315 g/mol. The Morgan fingerprint density at radius 1 is 1.22 bits per heavy atom. The Hall–Kier alpha value is -2.60. The SMILES string of the molecule is COc1ccc(C(=O)N2CCOC(C(=O)O)C2)c2ccccc12. The van der Waals surface area contributed by atoms with Crippen molar-refractivity contribution < 1.29 is 24.2 Å². The van der Waals surface area contributed by atoms with Gasteiger partial charge in [0.05, 0.1) is 20.3 Å². The fourth-order valence-electron chi connectivity index (χ4n) is 2.79. The third-order valence-corrected chi connectivity index (χ3v) is 3.96. The zero-order valence-electron chi connectivity index (χ0n) is 12.7. The highest BCUT2D eigenvalue weighted by molar-refractivity contribution is 6.08. The van der Waals surface area contributed by atoms with Gasteiger partial charge in [-0.2, -0.15) is 0 Å². The van der Waals surface area contributed by atoms with Crippen molar-refractivity contribution in [3.8, 4) is 5.75 Å². The van der Waals surface area contributed by atoms with Gasteiger partial charge in [-0.25, -0.2) is 4.79 Å². The molecule has 1 saturated heterocycles. The number of aliphatic carboxylic acids is 1. The molecule has 2 aromatic carbocycles. The van der Waals surface area contributed by atoms with Crippen molar-refractivity contribution in [3.63, 3.8) is 0 Å². The Morgan fingerprint density at radius 2 is 1.96 bits per heavy atom. The van der Waals surface area contributed by atoms with Crippen LogP contribution in [0.25, 0.3) is 10.8 Å². The maximum absolute atomic E-state index is 12.8. The molecule has 1 heterocycles. The van der Waals surface area contributed by atoms with E-state index in [2.05, 4.69) is 0 Å². The standard InChI is InChI=1S/C17H17NO5/c1-22-14-7-6-13(11-4-2-3-5-12(11)14)16(19)18-8-9-23-15(10-18)17(20)21/h2-7,15H,8-10H2,1H3,(H,20,21). The quantitative estimate of drug-likeness (QED) is 0.934. The number of morpholine rings is 1. The van der Waals surface area contributed by atoms with Crippen LogP contribution in [0.5, 0.6) is 5.75 Å². The molecule has 2 aromatic rings. The number of rotatable bonds is 3. The van der Waals surface area contributed by atoms with Crippen molar-refractivity contribution >= 4 is 22.6 Å². The first-order chi connectivity index (χ1) is 11.1. The van der Waals surface area contributed by atoms with E-state index in [1.54, 1.807) is 19.2 Å². The van der Waals surface area contributed by atoms with Gasteiger partial charge in [0.15, 0.2) is 6.10 Å². The van der Waals surface area contributed by atoms with Crippen molar-refractivity contribution in [2.45, 2.75) is 6.10 Å². The third-order valence-electron chi connectivity index (χ3n) is 3.96. The van der Waals surface area contributed by atoms with Crippen LogP contribution in [0.2, 0.25) is 0 Å². The Morgan fingerprint density at radius 3 is 2.65 bits per heavy atom. The minimum absolute atomic E-state index is 0.0501. The second kappa shape index (κ2) is 6.26. The highest BCUT2D eigenvalue weighted by Crippen LogP contribution is 2.29.